The van der Waals surface area contributed by atoms with E-state index in [0.717, 1.165) is 22.5 Å². The highest BCUT2D eigenvalue weighted by Crippen LogP contribution is 2.31. The fourth-order valence-corrected chi connectivity index (χ4v) is 5.04. The minimum atomic E-state index is -4.57. The molecular weight excluding hydrogens is 421 g/mol. The van der Waals surface area contributed by atoms with Gasteiger partial charge in [0.15, 0.2) is 5.69 Å². The Morgan fingerprint density at radius 1 is 1.20 bits per heavy atom. The van der Waals surface area contributed by atoms with Crippen LogP contribution in [0.1, 0.15) is 31.5 Å². The van der Waals surface area contributed by atoms with Gasteiger partial charge in [0.1, 0.15) is 6.54 Å². The summed E-state index contributed by atoms with van der Waals surface area (Å²) < 4.78 is 66.0. The van der Waals surface area contributed by atoms with Crippen LogP contribution in [-0.4, -0.2) is 48.0 Å². The smallest absolute Gasteiger partial charge is 0.311 e. The molecule has 1 aliphatic rings. The highest BCUT2D eigenvalue weighted by Gasteiger charge is 2.34. The number of nitrogens with zero attached hydrogens (tertiary/aromatic N) is 4. The SMILES string of the molecule is CCN(CC)S(=O)(=O)c1ccc2c(c1)CCCN2C(=O)Cn1ccc(C(F)(F)F)n1. The van der Waals surface area contributed by atoms with Crippen LogP contribution in [-0.2, 0) is 34.0 Å². The van der Waals surface area contributed by atoms with Crippen molar-refractivity contribution in [3.05, 3.63) is 41.7 Å². The molecule has 0 bridgehead atoms. The quantitative estimate of drug-likeness (QED) is 0.687. The first kappa shape index (κ1) is 22.3. The lowest BCUT2D eigenvalue weighted by Gasteiger charge is -2.30. The molecule has 2 heterocycles. The van der Waals surface area contributed by atoms with Crippen LogP contribution in [0.5, 0.6) is 0 Å². The average molecular weight is 444 g/mol. The van der Waals surface area contributed by atoms with E-state index < -0.39 is 27.8 Å². The first-order valence-electron chi connectivity index (χ1n) is 9.62. The summed E-state index contributed by atoms with van der Waals surface area (Å²) in [6, 6.07) is 5.46. The minimum absolute atomic E-state index is 0.168. The van der Waals surface area contributed by atoms with Gasteiger partial charge in [0.25, 0.3) is 0 Å². The van der Waals surface area contributed by atoms with Gasteiger partial charge in [-0.25, -0.2) is 8.42 Å². The van der Waals surface area contributed by atoms with E-state index >= 15 is 0 Å². The zero-order chi connectivity index (χ0) is 22.1. The number of amides is 1. The number of anilines is 1. The van der Waals surface area contributed by atoms with E-state index in [-0.39, 0.29) is 11.4 Å². The Labute approximate surface area is 173 Å². The van der Waals surface area contributed by atoms with E-state index in [1.54, 1.807) is 26.0 Å². The van der Waals surface area contributed by atoms with E-state index in [0.29, 0.717) is 38.2 Å². The molecular formula is C19H23F3N4O3S. The van der Waals surface area contributed by atoms with Crippen LogP contribution in [0.25, 0.3) is 0 Å². The number of aryl methyl sites for hydroxylation is 1. The maximum atomic E-state index is 12.8. The maximum absolute atomic E-state index is 12.8. The van der Waals surface area contributed by atoms with Crippen molar-refractivity contribution in [3.8, 4) is 0 Å². The molecule has 0 radical (unpaired) electrons. The second kappa shape index (κ2) is 8.38. The van der Waals surface area contributed by atoms with Gasteiger partial charge in [0.05, 0.1) is 4.90 Å². The number of hydrogen-bond donors (Lipinski definition) is 0. The van der Waals surface area contributed by atoms with Crippen molar-refractivity contribution in [2.75, 3.05) is 24.5 Å². The lowest BCUT2D eigenvalue weighted by molar-refractivity contribution is -0.141. The van der Waals surface area contributed by atoms with E-state index in [2.05, 4.69) is 5.10 Å². The molecule has 0 N–H and O–H groups in total. The summed E-state index contributed by atoms with van der Waals surface area (Å²) in [7, 11) is -3.62. The zero-order valence-electron chi connectivity index (χ0n) is 16.7. The van der Waals surface area contributed by atoms with Gasteiger partial charge < -0.3 is 4.90 Å². The van der Waals surface area contributed by atoms with E-state index in [1.807, 2.05) is 0 Å². The van der Waals surface area contributed by atoms with Crippen molar-refractivity contribution in [1.82, 2.24) is 14.1 Å². The molecule has 164 valence electrons. The third-order valence-electron chi connectivity index (χ3n) is 5.04. The highest BCUT2D eigenvalue weighted by molar-refractivity contribution is 7.89. The first-order chi connectivity index (χ1) is 14.1. The van der Waals surface area contributed by atoms with Crippen LogP contribution < -0.4 is 4.90 Å². The van der Waals surface area contributed by atoms with Gasteiger partial charge >= 0.3 is 6.18 Å². The average Bonchev–Trinajstić information content (AvgIpc) is 3.16. The van der Waals surface area contributed by atoms with Gasteiger partial charge in [-0.2, -0.15) is 22.6 Å². The van der Waals surface area contributed by atoms with E-state index in [9.17, 15) is 26.4 Å². The fraction of sp³-hybridized carbons (Fsp3) is 0.474. The van der Waals surface area contributed by atoms with Crippen molar-refractivity contribution < 1.29 is 26.4 Å². The summed E-state index contributed by atoms with van der Waals surface area (Å²) in [5, 5.41) is 3.42. The largest absolute Gasteiger partial charge is 0.435 e. The maximum Gasteiger partial charge on any atom is 0.435 e. The standard InChI is InChI=1S/C19H23F3N4O3S/c1-3-25(4-2)30(28,29)15-7-8-16-14(12-15)6-5-10-26(16)18(27)13-24-11-9-17(23-24)19(20,21)22/h7-9,11-12H,3-6,10,13H2,1-2H3. The van der Waals surface area contributed by atoms with Crippen molar-refractivity contribution in [2.45, 2.75) is 44.3 Å². The third kappa shape index (κ3) is 4.36. The number of aromatic nitrogens is 2. The molecule has 1 aliphatic heterocycles. The summed E-state index contributed by atoms with van der Waals surface area (Å²) in [4.78, 5) is 14.4. The second-order valence-corrected chi connectivity index (χ2v) is 8.86. The molecule has 2 aromatic rings. The monoisotopic (exact) mass is 444 g/mol. The predicted molar refractivity (Wildman–Crippen MR) is 104 cm³/mol. The fourth-order valence-electron chi connectivity index (χ4n) is 3.53. The lowest BCUT2D eigenvalue weighted by atomic mass is 10.0. The summed E-state index contributed by atoms with van der Waals surface area (Å²) >= 11 is 0. The highest BCUT2D eigenvalue weighted by atomic mass is 32.2. The number of hydrogen-bond acceptors (Lipinski definition) is 4. The Balaban J connectivity index is 1.84. The molecule has 0 aliphatic carbocycles. The Kier molecular flexibility index (Phi) is 6.23. The van der Waals surface area contributed by atoms with Crippen LogP contribution in [0.3, 0.4) is 0 Å². The Morgan fingerprint density at radius 3 is 2.50 bits per heavy atom. The molecule has 0 spiro atoms. The van der Waals surface area contributed by atoms with Gasteiger partial charge in [-0.15, -0.1) is 0 Å². The number of rotatable bonds is 6. The molecule has 1 aromatic heterocycles. The second-order valence-electron chi connectivity index (χ2n) is 6.93. The van der Waals surface area contributed by atoms with E-state index in [4.69, 9.17) is 0 Å². The summed E-state index contributed by atoms with van der Waals surface area (Å²) in [5.41, 5.74) is 0.243. The van der Waals surface area contributed by atoms with Crippen LogP contribution in [0.4, 0.5) is 18.9 Å². The predicted octanol–water partition coefficient (Wildman–Crippen LogP) is 2.91. The summed E-state index contributed by atoms with van der Waals surface area (Å²) in [6.45, 7) is 4.30. The normalized spacial score (nSPS) is 14.8. The molecule has 0 atom stereocenters. The Morgan fingerprint density at radius 2 is 1.90 bits per heavy atom. The van der Waals surface area contributed by atoms with Gasteiger partial charge in [-0.05, 0) is 42.7 Å². The van der Waals surface area contributed by atoms with Crippen molar-refractivity contribution >= 4 is 21.6 Å². The third-order valence-corrected chi connectivity index (χ3v) is 7.09. The van der Waals surface area contributed by atoms with Crippen molar-refractivity contribution in [2.24, 2.45) is 0 Å². The number of alkyl halides is 3. The van der Waals surface area contributed by atoms with Gasteiger partial charge in [0.2, 0.25) is 15.9 Å². The minimum Gasteiger partial charge on any atom is -0.311 e. The Bertz CT molecular complexity index is 1030. The van der Waals surface area contributed by atoms with E-state index in [1.165, 1.54) is 15.3 Å². The molecule has 30 heavy (non-hydrogen) atoms. The number of sulfonamides is 1. The molecule has 0 saturated heterocycles. The zero-order valence-corrected chi connectivity index (χ0v) is 17.5. The summed E-state index contributed by atoms with van der Waals surface area (Å²) in [5.74, 6) is -0.410. The molecule has 0 unspecified atom stereocenters. The number of carbonyl (C=O) groups is 1. The lowest BCUT2D eigenvalue weighted by Crippen LogP contribution is -2.38. The van der Waals surface area contributed by atoms with Crippen LogP contribution in [0, 0.1) is 0 Å². The van der Waals surface area contributed by atoms with Crippen LogP contribution >= 0.6 is 0 Å². The first-order valence-corrected chi connectivity index (χ1v) is 11.1. The Hall–Kier alpha value is -2.40. The van der Waals surface area contributed by atoms with Gasteiger partial charge in [-0.3, -0.25) is 9.48 Å². The molecule has 11 heteroatoms. The number of benzene rings is 1. The van der Waals surface area contributed by atoms with Gasteiger partial charge in [0, 0.05) is 31.5 Å². The molecule has 7 nitrogen and oxygen atoms in total. The molecule has 0 saturated carbocycles. The molecule has 1 aromatic carbocycles. The summed E-state index contributed by atoms with van der Waals surface area (Å²) in [6.07, 6.45) is -2.22. The number of fused-ring (bicyclic) bond motifs is 1. The molecule has 3 rings (SSSR count). The number of halogens is 3. The van der Waals surface area contributed by atoms with Crippen molar-refractivity contribution in [1.29, 1.82) is 0 Å². The van der Waals surface area contributed by atoms with Crippen molar-refractivity contribution in [3.63, 3.8) is 0 Å². The van der Waals surface area contributed by atoms with Crippen LogP contribution in [0.15, 0.2) is 35.4 Å². The molecule has 1 amide bonds. The molecule has 0 fully saturated rings. The van der Waals surface area contributed by atoms with Gasteiger partial charge in [-0.1, -0.05) is 13.8 Å². The number of carbonyl (C=O) groups excluding carboxylic acids is 1. The topological polar surface area (TPSA) is 75.5 Å². The van der Waals surface area contributed by atoms with Crippen LogP contribution in [0.2, 0.25) is 0 Å².